The van der Waals surface area contributed by atoms with Gasteiger partial charge in [-0.15, -0.1) is 0 Å². The van der Waals surface area contributed by atoms with Crippen LogP contribution in [0, 0.1) is 0 Å². The van der Waals surface area contributed by atoms with Crippen LogP contribution in [0.5, 0.6) is 0 Å². The quantitative estimate of drug-likeness (QED) is 0.227. The Bertz CT molecular complexity index is 1960. The zero-order valence-electron chi connectivity index (χ0n) is 36.0. The first-order chi connectivity index (χ1) is 27.4. The predicted molar refractivity (Wildman–Crippen MR) is 222 cm³/mol. The summed E-state index contributed by atoms with van der Waals surface area (Å²) < 4.78 is 23.0. The van der Waals surface area contributed by atoms with E-state index in [1.165, 1.54) is 24.3 Å². The second-order valence-electron chi connectivity index (χ2n) is 19.9. The van der Waals surface area contributed by atoms with Crippen molar-refractivity contribution in [1.29, 1.82) is 0 Å². The lowest BCUT2D eigenvalue weighted by Gasteiger charge is -2.37. The van der Waals surface area contributed by atoms with Crippen molar-refractivity contribution >= 4 is 58.9 Å². The maximum Gasteiger partial charge on any atom is 0.416 e. The average molecular weight is 880 g/mol. The van der Waals surface area contributed by atoms with Crippen LogP contribution in [0.4, 0.5) is 30.6 Å². The van der Waals surface area contributed by atoms with Gasteiger partial charge in [0.05, 0.1) is 46.7 Å². The summed E-state index contributed by atoms with van der Waals surface area (Å²) in [5.41, 5.74) is -6.90. The smallest absolute Gasteiger partial charge is 0.416 e. The van der Waals surface area contributed by atoms with E-state index in [4.69, 9.17) is 42.1 Å². The van der Waals surface area contributed by atoms with Gasteiger partial charge in [-0.3, -0.25) is 19.6 Å². The number of hydrogen-bond acceptors (Lipinski definition) is 12. The minimum Gasteiger partial charge on any atom is -0.444 e. The highest BCUT2D eigenvalue weighted by atomic mass is 35.5. The van der Waals surface area contributed by atoms with Crippen molar-refractivity contribution in [3.63, 3.8) is 0 Å². The van der Waals surface area contributed by atoms with Crippen LogP contribution in [0.1, 0.15) is 107 Å². The summed E-state index contributed by atoms with van der Waals surface area (Å²) >= 11 is 14.1. The van der Waals surface area contributed by atoms with E-state index in [0.717, 1.165) is 19.6 Å². The first-order valence-corrected chi connectivity index (χ1v) is 20.5. The number of halogens is 2. The number of hydrogen-bond donors (Lipinski definition) is 4. The SMILES string of the molecule is CC(C)(C)OC(=O)N1c2cc(Cl)c(-c3cc4c(cc3Cl)N(C(=O)OC(C)(C)C)[C@H]3N(C(=O)OC(C)(C)C)[C@H](CO)C[C@@]43O)cc2[C@]2(O)C[C@@H](CO)N(C(=O)OC(C)(C)C)[C@H]12. The largest absolute Gasteiger partial charge is 0.444 e. The zero-order valence-corrected chi connectivity index (χ0v) is 37.6. The number of fused-ring (bicyclic) bond motifs is 6. The number of anilines is 2. The van der Waals surface area contributed by atoms with Crippen molar-refractivity contribution in [3.05, 3.63) is 45.4 Å². The average Bonchev–Trinajstić information content (AvgIpc) is 3.69. The molecule has 4 amide bonds. The molecule has 4 N–H and O–H groups in total. The molecule has 0 radical (unpaired) electrons. The molecule has 0 bridgehead atoms. The Morgan fingerprint density at radius 1 is 0.567 bits per heavy atom. The monoisotopic (exact) mass is 878 g/mol. The fourth-order valence-electron chi connectivity index (χ4n) is 8.50. The molecule has 330 valence electrons. The molecule has 0 aromatic heterocycles. The van der Waals surface area contributed by atoms with Crippen LogP contribution in [0.15, 0.2) is 24.3 Å². The van der Waals surface area contributed by atoms with E-state index in [1.54, 1.807) is 83.1 Å². The predicted octanol–water partition coefficient (Wildman–Crippen LogP) is 7.20. The molecular formula is C42H56Cl2N4O12. The number of carbonyl (C=O) groups excluding carboxylic acids is 4. The lowest BCUT2D eigenvalue weighted by molar-refractivity contribution is -0.0180. The highest BCUT2D eigenvalue weighted by molar-refractivity contribution is 6.37. The number of aliphatic hydroxyl groups excluding tert-OH is 2. The lowest BCUT2D eigenvalue weighted by atomic mass is 9.86. The number of likely N-dealkylation sites (tertiary alicyclic amines) is 2. The fraction of sp³-hybridized carbons (Fsp3) is 0.619. The summed E-state index contributed by atoms with van der Waals surface area (Å²) in [6.45, 7) is 18.8. The first kappa shape index (κ1) is 45.5. The second kappa shape index (κ2) is 14.8. The second-order valence-corrected chi connectivity index (χ2v) is 20.7. The number of carbonyl (C=O) groups is 4. The summed E-state index contributed by atoms with van der Waals surface area (Å²) in [6.07, 6.45) is -6.87. The molecule has 16 nitrogen and oxygen atoms in total. The third kappa shape index (κ3) is 7.95. The standard InChI is InChI=1S/C42H56Cl2N4O12/c1-37(2,3)57-33(51)45-21(19-49)17-41(55)25-13-23(27(43)15-29(25)47(31(41)45)35(53)59-39(7,8)9)24-14-26-30(16-28(24)44)48(36(54)60-40(10,11)12)32-42(26,56)18-22(20-50)46(32)34(52)58-38(4,5)6/h13-16,21-22,31-32,49-50,55-56H,17-20H2,1-12H3/t21-,22-,31+,32+,41+,42+/m0/s1. The van der Waals surface area contributed by atoms with Crippen LogP contribution in [0.2, 0.25) is 10.0 Å². The van der Waals surface area contributed by atoms with E-state index in [1.807, 2.05) is 0 Å². The Hall–Kier alpha value is -4.06. The molecule has 18 heteroatoms. The molecule has 2 aromatic carbocycles. The Morgan fingerprint density at radius 2 is 0.850 bits per heavy atom. The van der Waals surface area contributed by atoms with Gasteiger partial charge in [0.2, 0.25) is 0 Å². The highest BCUT2D eigenvalue weighted by Gasteiger charge is 2.66. The molecule has 4 aliphatic heterocycles. The van der Waals surface area contributed by atoms with Gasteiger partial charge in [0.1, 0.15) is 33.6 Å². The molecule has 6 rings (SSSR count). The normalized spacial score (nSPS) is 26.1. The maximum atomic E-state index is 14.1. The summed E-state index contributed by atoms with van der Waals surface area (Å²) in [5, 5.41) is 46.6. The molecule has 2 fully saturated rings. The molecular weight excluding hydrogens is 823 g/mol. The molecule has 0 aliphatic carbocycles. The Labute approximate surface area is 359 Å². The van der Waals surface area contributed by atoms with Crippen LogP contribution in [-0.2, 0) is 30.1 Å². The molecule has 2 aromatic rings. The van der Waals surface area contributed by atoms with Gasteiger partial charge in [-0.1, -0.05) is 23.2 Å². The topological polar surface area (TPSA) is 199 Å². The molecule has 4 aliphatic rings. The summed E-state index contributed by atoms with van der Waals surface area (Å²) in [6, 6.07) is 3.93. The van der Waals surface area contributed by atoms with Gasteiger partial charge in [0.15, 0.2) is 12.3 Å². The number of benzene rings is 2. The van der Waals surface area contributed by atoms with Gasteiger partial charge in [0, 0.05) is 35.1 Å². The van der Waals surface area contributed by atoms with Gasteiger partial charge < -0.3 is 39.4 Å². The van der Waals surface area contributed by atoms with Crippen molar-refractivity contribution in [2.24, 2.45) is 0 Å². The van der Waals surface area contributed by atoms with Gasteiger partial charge in [-0.2, -0.15) is 0 Å². The Kier molecular flexibility index (Phi) is 11.2. The fourth-order valence-corrected chi connectivity index (χ4v) is 9.02. The van der Waals surface area contributed by atoms with E-state index in [0.29, 0.717) is 0 Å². The summed E-state index contributed by atoms with van der Waals surface area (Å²) in [5.74, 6) is 0. The van der Waals surface area contributed by atoms with Crippen LogP contribution >= 0.6 is 23.2 Å². The highest BCUT2D eigenvalue weighted by Crippen LogP contribution is 2.58. The number of aliphatic hydroxyl groups is 4. The van der Waals surface area contributed by atoms with Gasteiger partial charge in [-0.05, 0) is 107 Å². The van der Waals surface area contributed by atoms with Crippen molar-refractivity contribution < 1.29 is 58.6 Å². The number of amides is 4. The van der Waals surface area contributed by atoms with Crippen LogP contribution in [0.3, 0.4) is 0 Å². The maximum absolute atomic E-state index is 14.1. The minimum atomic E-state index is -2.00. The van der Waals surface area contributed by atoms with E-state index in [-0.39, 0.29) is 56.5 Å². The van der Waals surface area contributed by atoms with Gasteiger partial charge >= 0.3 is 24.4 Å². The van der Waals surface area contributed by atoms with E-state index in [2.05, 4.69) is 0 Å². The van der Waals surface area contributed by atoms with E-state index < -0.39 is 95.6 Å². The van der Waals surface area contributed by atoms with E-state index >= 15 is 0 Å². The molecule has 0 saturated carbocycles. The lowest BCUT2D eigenvalue weighted by Crippen LogP contribution is -2.57. The van der Waals surface area contributed by atoms with Crippen LogP contribution < -0.4 is 9.80 Å². The molecule has 60 heavy (non-hydrogen) atoms. The molecule has 0 spiro atoms. The van der Waals surface area contributed by atoms with E-state index in [9.17, 15) is 39.6 Å². The number of nitrogens with zero attached hydrogens (tertiary/aromatic N) is 4. The molecule has 4 heterocycles. The van der Waals surface area contributed by atoms with Crippen LogP contribution in [-0.4, -0.2) is 115 Å². The van der Waals surface area contributed by atoms with Crippen molar-refractivity contribution in [3.8, 4) is 11.1 Å². The molecule has 2 saturated heterocycles. The van der Waals surface area contributed by atoms with Crippen LogP contribution in [0.25, 0.3) is 11.1 Å². The van der Waals surface area contributed by atoms with Crippen molar-refractivity contribution in [2.45, 2.75) is 154 Å². The van der Waals surface area contributed by atoms with Gasteiger partial charge in [-0.25, -0.2) is 19.2 Å². The Morgan fingerprint density at radius 3 is 1.12 bits per heavy atom. The van der Waals surface area contributed by atoms with Crippen molar-refractivity contribution in [2.75, 3.05) is 23.0 Å². The Balaban J connectivity index is 1.54. The van der Waals surface area contributed by atoms with Gasteiger partial charge in [0.25, 0.3) is 0 Å². The molecule has 0 unspecified atom stereocenters. The molecule has 6 atom stereocenters. The summed E-state index contributed by atoms with van der Waals surface area (Å²) in [4.78, 5) is 60.4. The number of ether oxygens (including phenoxy) is 4. The minimum absolute atomic E-state index is 0.0378. The summed E-state index contributed by atoms with van der Waals surface area (Å²) in [7, 11) is 0. The third-order valence-electron chi connectivity index (χ3n) is 10.5. The zero-order chi connectivity index (χ0) is 45.0. The third-order valence-corrected chi connectivity index (χ3v) is 11.1. The first-order valence-electron chi connectivity index (χ1n) is 19.8. The number of rotatable bonds is 3. The van der Waals surface area contributed by atoms with Crippen molar-refractivity contribution in [1.82, 2.24) is 9.80 Å².